The molecule has 0 unspecified atom stereocenters. The Balaban J connectivity index is 2.55. The van der Waals surface area contributed by atoms with E-state index in [1.54, 1.807) is 6.92 Å². The highest BCUT2D eigenvalue weighted by atomic mass is 35.5. The first-order chi connectivity index (χ1) is 11.8. The van der Waals surface area contributed by atoms with Crippen molar-refractivity contribution in [3.8, 4) is 0 Å². The molecule has 2 aromatic rings. The van der Waals surface area contributed by atoms with Crippen molar-refractivity contribution in [2.24, 2.45) is 0 Å². The number of halogens is 3. The lowest BCUT2D eigenvalue weighted by Gasteiger charge is -2.24. The molecule has 25 heavy (non-hydrogen) atoms. The van der Waals surface area contributed by atoms with E-state index in [1.165, 1.54) is 42.5 Å². The minimum atomic E-state index is -4.09. The van der Waals surface area contributed by atoms with Crippen molar-refractivity contribution in [2.75, 3.05) is 17.5 Å². The number of ether oxygens (including phenoxy) is 1. The van der Waals surface area contributed by atoms with Gasteiger partial charge in [-0.2, -0.15) is 0 Å². The van der Waals surface area contributed by atoms with E-state index >= 15 is 0 Å². The van der Waals surface area contributed by atoms with Gasteiger partial charge in [0.1, 0.15) is 6.54 Å². The van der Waals surface area contributed by atoms with Crippen LogP contribution < -0.4 is 4.31 Å². The molecule has 0 aliphatic heterocycles. The van der Waals surface area contributed by atoms with Crippen LogP contribution in [0, 0.1) is 0 Å². The van der Waals surface area contributed by atoms with Gasteiger partial charge in [-0.1, -0.05) is 34.8 Å². The molecule has 0 N–H and O–H groups in total. The van der Waals surface area contributed by atoms with Gasteiger partial charge in [0.25, 0.3) is 10.0 Å². The van der Waals surface area contributed by atoms with Crippen LogP contribution in [0.3, 0.4) is 0 Å². The van der Waals surface area contributed by atoms with E-state index in [-0.39, 0.29) is 27.2 Å². The third-order valence-corrected chi connectivity index (χ3v) is 5.74. The van der Waals surface area contributed by atoms with Crippen LogP contribution in [0.5, 0.6) is 0 Å². The number of nitrogens with zero attached hydrogens (tertiary/aromatic N) is 1. The topological polar surface area (TPSA) is 63.7 Å². The summed E-state index contributed by atoms with van der Waals surface area (Å²) in [5.41, 5.74) is 0.0807. The molecule has 2 aromatic carbocycles. The fourth-order valence-corrected chi connectivity index (χ4v) is 4.02. The molecule has 0 spiro atoms. The molecule has 9 heteroatoms. The van der Waals surface area contributed by atoms with Crippen molar-refractivity contribution in [2.45, 2.75) is 11.8 Å². The number of anilines is 1. The Labute approximate surface area is 161 Å². The summed E-state index contributed by atoms with van der Waals surface area (Å²) >= 11 is 17.9. The van der Waals surface area contributed by atoms with Crippen molar-refractivity contribution in [3.63, 3.8) is 0 Å². The molecular formula is C16H14Cl3NO4S. The number of carbonyl (C=O) groups is 1. The van der Waals surface area contributed by atoms with E-state index < -0.39 is 22.5 Å². The minimum Gasteiger partial charge on any atom is -0.465 e. The second-order valence-electron chi connectivity index (χ2n) is 4.87. The van der Waals surface area contributed by atoms with E-state index in [4.69, 9.17) is 39.5 Å². The van der Waals surface area contributed by atoms with Crippen molar-refractivity contribution in [1.82, 2.24) is 0 Å². The van der Waals surface area contributed by atoms with Crippen molar-refractivity contribution in [3.05, 3.63) is 57.5 Å². The zero-order chi connectivity index (χ0) is 18.6. The predicted octanol–water partition coefficient (Wildman–Crippen LogP) is 4.41. The Bertz CT molecular complexity index is 869. The van der Waals surface area contributed by atoms with E-state index in [2.05, 4.69) is 0 Å². The summed E-state index contributed by atoms with van der Waals surface area (Å²) in [5, 5.41) is 0.794. The Kier molecular flexibility index (Phi) is 6.57. The SMILES string of the molecule is CCOC(=O)CN(c1cc(Cl)ccc1Cl)S(=O)(=O)c1ccc(Cl)cc1. The number of hydrogen-bond acceptors (Lipinski definition) is 4. The second kappa shape index (κ2) is 8.27. The molecule has 0 aliphatic carbocycles. The Morgan fingerprint density at radius 2 is 1.64 bits per heavy atom. The summed E-state index contributed by atoms with van der Waals surface area (Å²) in [5.74, 6) is -0.712. The zero-order valence-corrected chi connectivity index (χ0v) is 16.2. The maximum absolute atomic E-state index is 13.0. The normalized spacial score (nSPS) is 11.2. The van der Waals surface area contributed by atoms with Crippen molar-refractivity contribution < 1.29 is 17.9 Å². The Morgan fingerprint density at radius 1 is 1.04 bits per heavy atom. The first-order valence-corrected chi connectivity index (χ1v) is 9.72. The van der Waals surface area contributed by atoms with Crippen LogP contribution in [-0.4, -0.2) is 27.5 Å². The molecule has 0 aromatic heterocycles. The summed E-state index contributed by atoms with van der Waals surface area (Å²) in [6.07, 6.45) is 0. The summed E-state index contributed by atoms with van der Waals surface area (Å²) < 4.78 is 31.8. The fraction of sp³-hybridized carbons (Fsp3) is 0.188. The van der Waals surface area contributed by atoms with Crippen LogP contribution in [0.15, 0.2) is 47.4 Å². The van der Waals surface area contributed by atoms with Gasteiger partial charge in [0.15, 0.2) is 0 Å². The predicted molar refractivity (Wildman–Crippen MR) is 99.1 cm³/mol. The standard InChI is InChI=1S/C16H14Cl3NO4S/c1-2-24-16(21)10-20(15-9-12(18)5-8-14(15)19)25(22,23)13-6-3-11(17)4-7-13/h3-9H,2,10H2,1H3. The molecule has 134 valence electrons. The molecule has 0 amide bonds. The molecule has 0 saturated carbocycles. The van der Waals surface area contributed by atoms with Gasteiger partial charge in [-0.3, -0.25) is 9.10 Å². The van der Waals surface area contributed by atoms with Crippen LogP contribution in [0.4, 0.5) is 5.69 Å². The molecule has 0 saturated heterocycles. The smallest absolute Gasteiger partial charge is 0.326 e. The van der Waals surface area contributed by atoms with E-state index in [1.807, 2.05) is 0 Å². The highest BCUT2D eigenvalue weighted by Crippen LogP contribution is 2.33. The molecule has 0 fully saturated rings. The molecule has 0 bridgehead atoms. The van der Waals surface area contributed by atoms with Gasteiger partial charge in [0.2, 0.25) is 0 Å². The molecule has 0 aliphatic rings. The van der Waals surface area contributed by atoms with Gasteiger partial charge in [-0.05, 0) is 49.4 Å². The Morgan fingerprint density at radius 3 is 2.24 bits per heavy atom. The maximum atomic E-state index is 13.0. The highest BCUT2D eigenvalue weighted by molar-refractivity contribution is 7.92. The first kappa shape index (κ1) is 19.8. The molecule has 0 atom stereocenters. The molecular weight excluding hydrogens is 409 g/mol. The molecule has 0 radical (unpaired) electrons. The average molecular weight is 423 g/mol. The molecule has 2 rings (SSSR count). The van der Waals surface area contributed by atoms with Crippen molar-refractivity contribution >= 4 is 56.5 Å². The van der Waals surface area contributed by atoms with Gasteiger partial charge in [0.05, 0.1) is 22.2 Å². The number of hydrogen-bond donors (Lipinski definition) is 0. The maximum Gasteiger partial charge on any atom is 0.326 e. The van der Waals surface area contributed by atoms with Gasteiger partial charge in [-0.25, -0.2) is 8.42 Å². The van der Waals surface area contributed by atoms with E-state index in [0.29, 0.717) is 5.02 Å². The monoisotopic (exact) mass is 421 g/mol. The number of rotatable bonds is 6. The van der Waals surface area contributed by atoms with Crippen LogP contribution in [0.25, 0.3) is 0 Å². The second-order valence-corrected chi connectivity index (χ2v) is 8.01. The van der Waals surface area contributed by atoms with Crippen LogP contribution in [-0.2, 0) is 19.6 Å². The van der Waals surface area contributed by atoms with Crippen LogP contribution in [0.2, 0.25) is 15.1 Å². The number of sulfonamides is 1. The largest absolute Gasteiger partial charge is 0.465 e. The summed E-state index contributed by atoms with van der Waals surface area (Å²) in [7, 11) is -4.09. The van der Waals surface area contributed by atoms with Crippen molar-refractivity contribution in [1.29, 1.82) is 0 Å². The minimum absolute atomic E-state index is 0.0442. The summed E-state index contributed by atoms with van der Waals surface area (Å²) in [6.45, 7) is 1.21. The van der Waals surface area contributed by atoms with Crippen LogP contribution >= 0.6 is 34.8 Å². The zero-order valence-electron chi connectivity index (χ0n) is 13.1. The fourth-order valence-electron chi connectivity index (χ4n) is 2.03. The highest BCUT2D eigenvalue weighted by Gasteiger charge is 2.29. The molecule has 0 heterocycles. The quantitative estimate of drug-likeness (QED) is 0.647. The van der Waals surface area contributed by atoms with E-state index in [0.717, 1.165) is 4.31 Å². The molecule has 5 nitrogen and oxygen atoms in total. The number of esters is 1. The third kappa shape index (κ3) is 4.79. The van der Waals surface area contributed by atoms with Gasteiger partial charge in [-0.15, -0.1) is 0 Å². The lowest BCUT2D eigenvalue weighted by atomic mass is 10.3. The Hall–Kier alpha value is -1.47. The van der Waals surface area contributed by atoms with Crippen LogP contribution in [0.1, 0.15) is 6.92 Å². The van der Waals surface area contributed by atoms with E-state index in [9.17, 15) is 13.2 Å². The summed E-state index contributed by atoms with van der Waals surface area (Å²) in [4.78, 5) is 11.9. The number of carbonyl (C=O) groups excluding carboxylic acids is 1. The van der Waals surface area contributed by atoms with Gasteiger partial charge < -0.3 is 4.74 Å². The third-order valence-electron chi connectivity index (χ3n) is 3.16. The summed E-state index contributed by atoms with van der Waals surface area (Å²) in [6, 6.07) is 9.91. The first-order valence-electron chi connectivity index (χ1n) is 7.14. The van der Waals surface area contributed by atoms with Gasteiger partial charge in [0, 0.05) is 10.0 Å². The lowest BCUT2D eigenvalue weighted by molar-refractivity contribution is -0.141. The number of benzene rings is 2. The average Bonchev–Trinajstić information content (AvgIpc) is 2.55. The lowest BCUT2D eigenvalue weighted by Crippen LogP contribution is -2.36. The van der Waals surface area contributed by atoms with Gasteiger partial charge >= 0.3 is 5.97 Å².